The average Bonchev–Trinajstić information content (AvgIpc) is 2.56. The molecule has 1 fully saturated rings. The number of amides is 1. The fraction of sp³-hybridized carbons (Fsp3) is 0.615. The first-order valence-electron chi connectivity index (χ1n) is 6.17. The van der Waals surface area contributed by atoms with E-state index in [1.54, 1.807) is 6.07 Å². The van der Waals surface area contributed by atoms with Crippen LogP contribution in [0.5, 0.6) is 0 Å². The van der Waals surface area contributed by atoms with Crippen LogP contribution in [0, 0.1) is 6.92 Å². The normalized spacial score (nSPS) is 16.9. The molecule has 0 N–H and O–H groups in total. The largest absolute Gasteiger partial charge is 0.456 e. The van der Waals surface area contributed by atoms with Gasteiger partial charge in [-0.05, 0) is 25.8 Å². The van der Waals surface area contributed by atoms with Gasteiger partial charge in [-0.1, -0.05) is 12.8 Å². The molecule has 1 amide bonds. The Morgan fingerprint density at radius 2 is 2.00 bits per heavy atom. The van der Waals surface area contributed by atoms with Gasteiger partial charge in [0.2, 0.25) is 0 Å². The van der Waals surface area contributed by atoms with Gasteiger partial charge in [-0.3, -0.25) is 4.79 Å². The number of alkyl halides is 1. The van der Waals surface area contributed by atoms with Crippen molar-refractivity contribution in [3.8, 4) is 0 Å². The van der Waals surface area contributed by atoms with Crippen LogP contribution in [0.1, 0.15) is 47.6 Å². The second-order valence-electron chi connectivity index (χ2n) is 4.53. The SMILES string of the molecule is Cc1oc(C(=O)N2CCCCCC2)cc1CCl. The van der Waals surface area contributed by atoms with Gasteiger partial charge >= 0.3 is 0 Å². The predicted molar refractivity (Wildman–Crippen MR) is 67.4 cm³/mol. The summed E-state index contributed by atoms with van der Waals surface area (Å²) < 4.78 is 5.49. The Morgan fingerprint density at radius 3 is 2.53 bits per heavy atom. The van der Waals surface area contributed by atoms with Crippen LogP contribution < -0.4 is 0 Å². The van der Waals surface area contributed by atoms with Crippen LogP contribution in [0.4, 0.5) is 0 Å². The minimum atomic E-state index is 0.00590. The summed E-state index contributed by atoms with van der Waals surface area (Å²) in [6.07, 6.45) is 4.61. The molecule has 0 radical (unpaired) electrons. The van der Waals surface area contributed by atoms with E-state index in [0.717, 1.165) is 37.3 Å². The first-order valence-corrected chi connectivity index (χ1v) is 6.70. The van der Waals surface area contributed by atoms with Crippen LogP contribution in [-0.2, 0) is 5.88 Å². The molecule has 1 aromatic rings. The summed E-state index contributed by atoms with van der Waals surface area (Å²) in [5.41, 5.74) is 0.907. The van der Waals surface area contributed by atoms with E-state index in [1.807, 2.05) is 11.8 Å². The lowest BCUT2D eigenvalue weighted by Crippen LogP contribution is -2.31. The first-order chi connectivity index (χ1) is 8.22. The van der Waals surface area contributed by atoms with E-state index in [4.69, 9.17) is 16.0 Å². The van der Waals surface area contributed by atoms with E-state index < -0.39 is 0 Å². The predicted octanol–water partition coefficient (Wildman–Crippen LogP) is 3.34. The summed E-state index contributed by atoms with van der Waals surface area (Å²) in [5.74, 6) is 1.58. The van der Waals surface area contributed by atoms with Crippen LogP contribution in [0.25, 0.3) is 0 Å². The van der Waals surface area contributed by atoms with Crippen molar-refractivity contribution in [2.45, 2.75) is 38.5 Å². The van der Waals surface area contributed by atoms with Crippen LogP contribution in [0.3, 0.4) is 0 Å². The third kappa shape index (κ3) is 2.83. The lowest BCUT2D eigenvalue weighted by Gasteiger charge is -2.18. The molecule has 0 spiro atoms. The molecule has 0 aromatic carbocycles. The van der Waals surface area contributed by atoms with Crippen LogP contribution in [0.2, 0.25) is 0 Å². The van der Waals surface area contributed by atoms with E-state index in [-0.39, 0.29) is 5.91 Å². The molecule has 0 atom stereocenters. The monoisotopic (exact) mass is 255 g/mol. The van der Waals surface area contributed by atoms with Crippen molar-refractivity contribution in [3.63, 3.8) is 0 Å². The molecule has 17 heavy (non-hydrogen) atoms. The maximum atomic E-state index is 12.2. The van der Waals surface area contributed by atoms with E-state index >= 15 is 0 Å². The molecule has 0 unspecified atom stereocenters. The summed E-state index contributed by atoms with van der Waals surface area (Å²) in [6.45, 7) is 3.53. The quantitative estimate of drug-likeness (QED) is 0.760. The van der Waals surface area contributed by atoms with Crippen LogP contribution in [0.15, 0.2) is 10.5 Å². The third-order valence-corrected chi connectivity index (χ3v) is 3.56. The highest BCUT2D eigenvalue weighted by molar-refractivity contribution is 6.17. The topological polar surface area (TPSA) is 33.5 Å². The molecule has 2 heterocycles. The lowest BCUT2D eigenvalue weighted by atomic mass is 10.2. The van der Waals surface area contributed by atoms with Crippen molar-refractivity contribution in [3.05, 3.63) is 23.2 Å². The maximum absolute atomic E-state index is 12.2. The molecule has 0 aliphatic carbocycles. The molecular weight excluding hydrogens is 238 g/mol. The Kier molecular flexibility index (Phi) is 4.11. The molecule has 0 bridgehead atoms. The lowest BCUT2D eigenvalue weighted by molar-refractivity contribution is 0.0728. The molecule has 1 saturated heterocycles. The number of hydrogen-bond acceptors (Lipinski definition) is 2. The number of carbonyl (C=O) groups is 1. The van der Waals surface area contributed by atoms with Gasteiger partial charge in [-0.25, -0.2) is 0 Å². The van der Waals surface area contributed by atoms with Gasteiger partial charge in [0.1, 0.15) is 5.76 Å². The summed E-state index contributed by atoms with van der Waals surface area (Å²) in [6, 6.07) is 1.77. The zero-order valence-electron chi connectivity index (χ0n) is 10.2. The van der Waals surface area contributed by atoms with Crippen molar-refractivity contribution in [2.75, 3.05) is 13.1 Å². The molecular formula is C13H18ClNO2. The van der Waals surface area contributed by atoms with E-state index in [1.165, 1.54) is 12.8 Å². The van der Waals surface area contributed by atoms with Gasteiger partial charge in [0.25, 0.3) is 5.91 Å². The summed E-state index contributed by atoms with van der Waals surface area (Å²) in [5, 5.41) is 0. The van der Waals surface area contributed by atoms with E-state index in [9.17, 15) is 4.79 Å². The summed E-state index contributed by atoms with van der Waals surface area (Å²) in [7, 11) is 0. The van der Waals surface area contributed by atoms with Gasteiger partial charge in [-0.15, -0.1) is 11.6 Å². The first kappa shape index (κ1) is 12.5. The fourth-order valence-electron chi connectivity index (χ4n) is 2.19. The summed E-state index contributed by atoms with van der Waals surface area (Å²) >= 11 is 5.78. The molecule has 1 aliphatic heterocycles. The van der Waals surface area contributed by atoms with Crippen LogP contribution in [-0.4, -0.2) is 23.9 Å². The maximum Gasteiger partial charge on any atom is 0.289 e. The molecule has 0 saturated carbocycles. The molecule has 1 aromatic heterocycles. The van der Waals surface area contributed by atoms with Gasteiger partial charge in [0.15, 0.2) is 5.76 Å². The Balaban J connectivity index is 2.11. The molecule has 94 valence electrons. The highest BCUT2D eigenvalue weighted by Crippen LogP contribution is 2.19. The number of nitrogens with zero attached hydrogens (tertiary/aromatic N) is 1. The van der Waals surface area contributed by atoms with Crippen LogP contribution >= 0.6 is 11.6 Å². The number of halogens is 1. The van der Waals surface area contributed by atoms with Gasteiger partial charge in [0, 0.05) is 18.7 Å². The van der Waals surface area contributed by atoms with Crippen molar-refractivity contribution in [1.82, 2.24) is 4.90 Å². The number of likely N-dealkylation sites (tertiary alicyclic amines) is 1. The minimum absolute atomic E-state index is 0.00590. The van der Waals surface area contributed by atoms with Crippen molar-refractivity contribution in [1.29, 1.82) is 0 Å². The van der Waals surface area contributed by atoms with Gasteiger partial charge in [-0.2, -0.15) is 0 Å². The molecule has 2 rings (SSSR count). The van der Waals surface area contributed by atoms with Crippen molar-refractivity contribution < 1.29 is 9.21 Å². The third-order valence-electron chi connectivity index (χ3n) is 3.27. The Hall–Kier alpha value is -0.960. The number of aryl methyl sites for hydroxylation is 1. The minimum Gasteiger partial charge on any atom is -0.456 e. The number of carbonyl (C=O) groups excluding carboxylic acids is 1. The standard InChI is InChI=1S/C13H18ClNO2/c1-10-11(9-14)8-12(17-10)13(16)15-6-4-2-3-5-7-15/h8H,2-7,9H2,1H3. The average molecular weight is 256 g/mol. The molecule has 1 aliphatic rings. The fourth-order valence-corrected chi connectivity index (χ4v) is 2.45. The number of furan rings is 1. The zero-order valence-corrected chi connectivity index (χ0v) is 10.9. The highest BCUT2D eigenvalue weighted by Gasteiger charge is 2.21. The Labute approximate surface area is 107 Å². The Bertz CT molecular complexity index is 392. The van der Waals surface area contributed by atoms with Crippen molar-refractivity contribution >= 4 is 17.5 Å². The number of rotatable bonds is 2. The second-order valence-corrected chi connectivity index (χ2v) is 4.80. The number of hydrogen-bond donors (Lipinski definition) is 0. The zero-order chi connectivity index (χ0) is 12.3. The second kappa shape index (κ2) is 5.58. The van der Waals surface area contributed by atoms with Crippen molar-refractivity contribution in [2.24, 2.45) is 0 Å². The smallest absolute Gasteiger partial charge is 0.289 e. The summed E-state index contributed by atoms with van der Waals surface area (Å²) in [4.78, 5) is 14.1. The van der Waals surface area contributed by atoms with Gasteiger partial charge in [0.05, 0.1) is 5.88 Å². The van der Waals surface area contributed by atoms with E-state index in [0.29, 0.717) is 11.6 Å². The highest BCUT2D eigenvalue weighted by atomic mass is 35.5. The van der Waals surface area contributed by atoms with E-state index in [2.05, 4.69) is 0 Å². The van der Waals surface area contributed by atoms with Gasteiger partial charge < -0.3 is 9.32 Å². The Morgan fingerprint density at radius 1 is 1.35 bits per heavy atom. The molecule has 3 nitrogen and oxygen atoms in total. The molecule has 4 heteroatoms.